The Hall–Kier alpha value is -3.87. The number of nitrogens with zero attached hydrogens (tertiary/aromatic N) is 2. The average molecular weight is 487 g/mol. The van der Waals surface area contributed by atoms with Crippen LogP contribution < -0.4 is 20.3 Å². The molecule has 2 amide bonds. The first-order valence-electron chi connectivity index (χ1n) is 12.0. The average Bonchev–Trinajstić information content (AvgIpc) is 2.83. The molecule has 0 spiro atoms. The molecule has 2 heterocycles. The Kier molecular flexibility index (Phi) is 7.29. The number of pyridine rings is 1. The lowest BCUT2D eigenvalue weighted by molar-refractivity contribution is -0.116. The van der Waals surface area contributed by atoms with Gasteiger partial charge in [0.15, 0.2) is 0 Å². The van der Waals surface area contributed by atoms with Crippen molar-refractivity contribution in [3.05, 3.63) is 76.5 Å². The maximum Gasteiger partial charge on any atom is 0.251 e. The third-order valence-corrected chi connectivity index (χ3v) is 6.68. The number of hydrogen-bond acceptors (Lipinski definition) is 5. The van der Waals surface area contributed by atoms with Crippen molar-refractivity contribution in [2.24, 2.45) is 0 Å². The number of carbonyl (C=O) groups is 2. The van der Waals surface area contributed by atoms with Crippen LogP contribution in [0.4, 0.5) is 11.5 Å². The fourth-order valence-corrected chi connectivity index (χ4v) is 4.82. The summed E-state index contributed by atoms with van der Waals surface area (Å²) in [6.07, 6.45) is 5.26. The molecular formula is C29H34N4O3. The van der Waals surface area contributed by atoms with Crippen molar-refractivity contribution in [1.29, 1.82) is 0 Å². The Bertz CT molecular complexity index is 1300. The number of hydrogen-bond donors (Lipinski definition) is 2. The molecule has 0 fully saturated rings. The first-order chi connectivity index (χ1) is 16.9. The van der Waals surface area contributed by atoms with E-state index in [4.69, 9.17) is 4.74 Å². The normalized spacial score (nSPS) is 16.1. The fraction of sp³-hybridized carbons (Fsp3) is 0.345. The van der Waals surface area contributed by atoms with Crippen LogP contribution in [0.2, 0.25) is 0 Å². The number of carbonyl (C=O) groups excluding carboxylic acids is 2. The molecule has 7 nitrogen and oxygen atoms in total. The largest absolute Gasteiger partial charge is 0.457 e. The van der Waals surface area contributed by atoms with Crippen LogP contribution in [0, 0.1) is 6.92 Å². The highest BCUT2D eigenvalue weighted by Crippen LogP contribution is 2.34. The van der Waals surface area contributed by atoms with E-state index in [1.54, 1.807) is 6.20 Å². The van der Waals surface area contributed by atoms with Crippen molar-refractivity contribution >= 4 is 23.3 Å². The van der Waals surface area contributed by atoms with E-state index in [0.29, 0.717) is 30.0 Å². The summed E-state index contributed by atoms with van der Waals surface area (Å²) in [6, 6.07) is 14.0. The molecule has 0 saturated carbocycles. The number of nitrogens with one attached hydrogen (secondary N) is 2. The summed E-state index contributed by atoms with van der Waals surface area (Å²) in [5.41, 5.74) is 6.17. The molecule has 0 saturated heterocycles. The van der Waals surface area contributed by atoms with Gasteiger partial charge in [-0.05, 0) is 85.7 Å². The van der Waals surface area contributed by atoms with Crippen LogP contribution in [0.3, 0.4) is 0 Å². The molecule has 1 atom stereocenters. The highest BCUT2D eigenvalue weighted by molar-refractivity contribution is 5.95. The second-order valence-corrected chi connectivity index (χ2v) is 9.58. The van der Waals surface area contributed by atoms with Gasteiger partial charge in [-0.2, -0.15) is 0 Å². The Labute approximate surface area is 212 Å². The minimum absolute atomic E-state index is 0. The summed E-state index contributed by atoms with van der Waals surface area (Å²) in [7, 11) is 3.96. The van der Waals surface area contributed by atoms with Crippen LogP contribution >= 0.6 is 0 Å². The fourth-order valence-electron chi connectivity index (χ4n) is 4.82. The number of aryl methyl sites for hydroxylation is 2. The maximum absolute atomic E-state index is 13.0. The number of fused-ring (bicyclic) bond motifs is 2. The number of rotatable bonds is 5. The molecule has 1 aromatic heterocycles. The molecule has 2 aromatic carbocycles. The molecule has 0 radical (unpaired) electrons. The molecule has 1 aliphatic heterocycles. The second kappa shape index (κ2) is 10.4. The topological polar surface area (TPSA) is 83.6 Å². The molecule has 2 N–H and O–H groups in total. The minimum atomic E-state index is -0.0388. The number of aromatic nitrogens is 1. The summed E-state index contributed by atoms with van der Waals surface area (Å²) in [4.78, 5) is 31.0. The zero-order valence-electron chi connectivity index (χ0n) is 20.4. The van der Waals surface area contributed by atoms with Crippen molar-refractivity contribution in [1.82, 2.24) is 10.3 Å². The van der Waals surface area contributed by atoms with Gasteiger partial charge in [0, 0.05) is 49.6 Å². The monoisotopic (exact) mass is 486 g/mol. The number of benzene rings is 2. The van der Waals surface area contributed by atoms with E-state index in [0.717, 1.165) is 41.8 Å². The van der Waals surface area contributed by atoms with Gasteiger partial charge in [-0.25, -0.2) is 4.98 Å². The van der Waals surface area contributed by atoms with E-state index in [1.807, 2.05) is 50.2 Å². The van der Waals surface area contributed by atoms with Crippen LogP contribution in [0.5, 0.6) is 11.5 Å². The van der Waals surface area contributed by atoms with Crippen LogP contribution in [0.15, 0.2) is 48.7 Å². The Morgan fingerprint density at radius 1 is 1.08 bits per heavy atom. The third-order valence-electron chi connectivity index (χ3n) is 6.68. The van der Waals surface area contributed by atoms with E-state index in [9.17, 15) is 9.59 Å². The van der Waals surface area contributed by atoms with Gasteiger partial charge < -0.3 is 20.3 Å². The summed E-state index contributed by atoms with van der Waals surface area (Å²) in [6.45, 7) is 2.01. The molecule has 5 rings (SSSR count). The standard InChI is InChI=1S/C28H30N4O3.CH4/c1-17-12-20(15-22(13-17)32(2)3)28(34)30-21-6-4-18-5-7-23(16-19(18)14-21)35-25-10-11-29-27-24(25)8-9-26(33)31-27;/h5,7,10-13,15-16,21H,4,6,8-9,14H2,1-3H3,(H,30,34)(H,29,31,33);1H4/t21-;/m1./s1. The van der Waals surface area contributed by atoms with Crippen LogP contribution in [-0.4, -0.2) is 36.9 Å². The van der Waals surface area contributed by atoms with Gasteiger partial charge in [0.2, 0.25) is 5.91 Å². The quantitative estimate of drug-likeness (QED) is 0.527. The Morgan fingerprint density at radius 2 is 1.92 bits per heavy atom. The molecule has 2 aliphatic rings. The predicted octanol–water partition coefficient (Wildman–Crippen LogP) is 5.06. The van der Waals surface area contributed by atoms with Crippen molar-refractivity contribution < 1.29 is 14.3 Å². The smallest absolute Gasteiger partial charge is 0.251 e. The zero-order chi connectivity index (χ0) is 24.5. The Balaban J connectivity index is 0.00000304. The van der Waals surface area contributed by atoms with Gasteiger partial charge >= 0.3 is 0 Å². The zero-order valence-corrected chi connectivity index (χ0v) is 20.4. The maximum atomic E-state index is 13.0. The van der Waals surface area contributed by atoms with Crippen molar-refractivity contribution in [3.63, 3.8) is 0 Å². The van der Waals surface area contributed by atoms with E-state index in [2.05, 4.69) is 33.8 Å². The van der Waals surface area contributed by atoms with Crippen molar-refractivity contribution in [3.8, 4) is 11.5 Å². The third kappa shape index (κ3) is 5.35. The molecule has 0 unspecified atom stereocenters. The van der Waals surface area contributed by atoms with Gasteiger partial charge in [0.25, 0.3) is 5.91 Å². The van der Waals surface area contributed by atoms with Crippen molar-refractivity contribution in [2.75, 3.05) is 24.3 Å². The lowest BCUT2D eigenvalue weighted by Gasteiger charge is -2.26. The van der Waals surface area contributed by atoms with Gasteiger partial charge in [-0.3, -0.25) is 9.59 Å². The number of amides is 2. The SMILES string of the molecule is C.Cc1cc(C(=O)N[C@@H]2CCc3ccc(Oc4ccnc5c4CCC(=O)N5)cc3C2)cc(N(C)C)c1. The lowest BCUT2D eigenvalue weighted by Crippen LogP contribution is -2.38. The number of anilines is 2. The summed E-state index contributed by atoms with van der Waals surface area (Å²) >= 11 is 0. The van der Waals surface area contributed by atoms with Gasteiger partial charge in [0.05, 0.1) is 0 Å². The number of ether oxygens (including phenoxy) is 1. The molecule has 1 aliphatic carbocycles. The van der Waals surface area contributed by atoms with Gasteiger partial charge in [-0.15, -0.1) is 0 Å². The molecule has 188 valence electrons. The highest BCUT2D eigenvalue weighted by Gasteiger charge is 2.23. The Morgan fingerprint density at radius 3 is 2.72 bits per heavy atom. The summed E-state index contributed by atoms with van der Waals surface area (Å²) in [5.74, 6) is 1.98. The molecular weight excluding hydrogens is 452 g/mol. The van der Waals surface area contributed by atoms with E-state index in [1.165, 1.54) is 11.1 Å². The first-order valence-corrected chi connectivity index (χ1v) is 12.0. The molecule has 3 aromatic rings. The van der Waals surface area contributed by atoms with Gasteiger partial charge in [-0.1, -0.05) is 13.5 Å². The molecule has 7 heteroatoms. The first kappa shape index (κ1) is 25.2. The van der Waals surface area contributed by atoms with Crippen LogP contribution in [0.1, 0.15) is 52.9 Å². The molecule has 0 bridgehead atoms. The summed E-state index contributed by atoms with van der Waals surface area (Å²) in [5, 5.41) is 6.05. The van der Waals surface area contributed by atoms with Crippen LogP contribution in [-0.2, 0) is 24.1 Å². The lowest BCUT2D eigenvalue weighted by atomic mass is 9.88. The summed E-state index contributed by atoms with van der Waals surface area (Å²) < 4.78 is 6.23. The van der Waals surface area contributed by atoms with E-state index < -0.39 is 0 Å². The van der Waals surface area contributed by atoms with Gasteiger partial charge in [0.1, 0.15) is 17.3 Å². The highest BCUT2D eigenvalue weighted by atomic mass is 16.5. The minimum Gasteiger partial charge on any atom is -0.457 e. The predicted molar refractivity (Wildman–Crippen MR) is 143 cm³/mol. The van der Waals surface area contributed by atoms with E-state index >= 15 is 0 Å². The van der Waals surface area contributed by atoms with E-state index in [-0.39, 0.29) is 25.3 Å². The molecule has 36 heavy (non-hydrogen) atoms. The van der Waals surface area contributed by atoms with Crippen molar-refractivity contribution in [2.45, 2.75) is 52.5 Å². The van der Waals surface area contributed by atoms with Crippen LogP contribution in [0.25, 0.3) is 0 Å². The second-order valence-electron chi connectivity index (χ2n) is 9.58.